The second kappa shape index (κ2) is 6.92. The van der Waals surface area contributed by atoms with Gasteiger partial charge in [-0.25, -0.2) is 0 Å². The van der Waals surface area contributed by atoms with Crippen LogP contribution < -0.4 is 4.90 Å². The van der Waals surface area contributed by atoms with Gasteiger partial charge in [0.1, 0.15) is 6.54 Å². The summed E-state index contributed by atoms with van der Waals surface area (Å²) < 4.78 is 0. The molecule has 0 aliphatic rings. The van der Waals surface area contributed by atoms with Gasteiger partial charge in [0.15, 0.2) is 0 Å². The number of carboxylic acid groups (broad SMARTS) is 1. The van der Waals surface area contributed by atoms with E-state index in [1.54, 1.807) is 12.1 Å². The summed E-state index contributed by atoms with van der Waals surface area (Å²) in [6.45, 7) is 5.64. The van der Waals surface area contributed by atoms with Gasteiger partial charge < -0.3 is 10.0 Å². The van der Waals surface area contributed by atoms with Crippen molar-refractivity contribution in [3.05, 3.63) is 29.8 Å². The van der Waals surface area contributed by atoms with E-state index in [-0.39, 0.29) is 18.4 Å². The average Bonchev–Trinajstić information content (AvgIpc) is 2.35. The molecule has 0 saturated heterocycles. The first-order valence-electron chi connectivity index (χ1n) is 6.55. The molecule has 4 nitrogen and oxygen atoms in total. The minimum atomic E-state index is -1.00. The number of anilines is 1. The van der Waals surface area contributed by atoms with Gasteiger partial charge in [-0.3, -0.25) is 9.59 Å². The van der Waals surface area contributed by atoms with Crippen LogP contribution in [0.3, 0.4) is 0 Å². The minimum Gasteiger partial charge on any atom is -0.480 e. The van der Waals surface area contributed by atoms with Crippen molar-refractivity contribution in [3.8, 4) is 0 Å². The van der Waals surface area contributed by atoms with E-state index in [2.05, 4.69) is 0 Å². The number of carbonyl (C=O) groups is 2. The summed E-state index contributed by atoms with van der Waals surface area (Å²) in [6, 6.07) is 7.46. The molecular formula is C15H21NO3. The van der Waals surface area contributed by atoms with Gasteiger partial charge >= 0.3 is 5.97 Å². The first-order valence-corrected chi connectivity index (χ1v) is 6.55. The second-order valence-corrected chi connectivity index (χ2v) is 4.99. The number of rotatable bonds is 6. The monoisotopic (exact) mass is 263 g/mol. The normalized spacial score (nSPS) is 10.5. The molecule has 0 aliphatic heterocycles. The Kier molecular flexibility index (Phi) is 5.55. The van der Waals surface area contributed by atoms with E-state index >= 15 is 0 Å². The number of hydrogen-bond acceptors (Lipinski definition) is 2. The third-order valence-electron chi connectivity index (χ3n) is 2.83. The van der Waals surface area contributed by atoms with Gasteiger partial charge in [0, 0.05) is 12.1 Å². The van der Waals surface area contributed by atoms with Crippen LogP contribution in [0.4, 0.5) is 5.69 Å². The van der Waals surface area contributed by atoms with E-state index < -0.39 is 5.97 Å². The summed E-state index contributed by atoms with van der Waals surface area (Å²) >= 11 is 0. The molecule has 0 spiro atoms. The SMILES string of the molecule is CCc1ccc(N(CC(=O)O)C(=O)CC(C)C)cc1. The van der Waals surface area contributed by atoms with Gasteiger partial charge in [-0.2, -0.15) is 0 Å². The van der Waals surface area contributed by atoms with Gasteiger partial charge in [0.2, 0.25) is 5.91 Å². The van der Waals surface area contributed by atoms with E-state index in [1.807, 2.05) is 32.9 Å². The largest absolute Gasteiger partial charge is 0.480 e. The Hall–Kier alpha value is -1.84. The number of nitrogens with zero attached hydrogens (tertiary/aromatic N) is 1. The Morgan fingerprint density at radius 3 is 2.21 bits per heavy atom. The fourth-order valence-corrected chi connectivity index (χ4v) is 1.83. The molecule has 1 rings (SSSR count). The summed E-state index contributed by atoms with van der Waals surface area (Å²) in [5.41, 5.74) is 1.81. The Morgan fingerprint density at radius 1 is 1.21 bits per heavy atom. The van der Waals surface area contributed by atoms with Crippen LogP contribution >= 0.6 is 0 Å². The summed E-state index contributed by atoms with van der Waals surface area (Å²) in [4.78, 5) is 24.3. The zero-order valence-corrected chi connectivity index (χ0v) is 11.7. The molecule has 1 N–H and O–H groups in total. The van der Waals surface area contributed by atoms with Crippen molar-refractivity contribution >= 4 is 17.6 Å². The van der Waals surface area contributed by atoms with Crippen molar-refractivity contribution in [2.45, 2.75) is 33.6 Å². The minimum absolute atomic E-state index is 0.151. The molecule has 0 saturated carbocycles. The summed E-state index contributed by atoms with van der Waals surface area (Å²) in [6.07, 6.45) is 1.27. The van der Waals surface area contributed by atoms with Gasteiger partial charge in [-0.05, 0) is 30.0 Å². The lowest BCUT2D eigenvalue weighted by atomic mass is 10.1. The maximum atomic E-state index is 12.1. The van der Waals surface area contributed by atoms with Crippen LogP contribution in [0.15, 0.2) is 24.3 Å². The molecular weight excluding hydrogens is 242 g/mol. The Balaban J connectivity index is 2.94. The first kappa shape index (κ1) is 15.2. The number of amides is 1. The second-order valence-electron chi connectivity index (χ2n) is 4.99. The molecule has 0 aliphatic carbocycles. The van der Waals surface area contributed by atoms with E-state index in [0.717, 1.165) is 12.0 Å². The van der Waals surface area contributed by atoms with E-state index in [4.69, 9.17) is 5.11 Å². The average molecular weight is 263 g/mol. The van der Waals surface area contributed by atoms with Crippen molar-refractivity contribution < 1.29 is 14.7 Å². The lowest BCUT2D eigenvalue weighted by Gasteiger charge is -2.22. The fourth-order valence-electron chi connectivity index (χ4n) is 1.83. The highest BCUT2D eigenvalue weighted by molar-refractivity contribution is 5.97. The number of aryl methyl sites for hydroxylation is 1. The summed E-state index contributed by atoms with van der Waals surface area (Å²) in [5.74, 6) is -0.947. The van der Waals surface area contributed by atoms with Crippen LogP contribution in [0.1, 0.15) is 32.8 Å². The topological polar surface area (TPSA) is 57.6 Å². The molecule has 0 fully saturated rings. The smallest absolute Gasteiger partial charge is 0.323 e. The van der Waals surface area contributed by atoms with Crippen molar-refractivity contribution in [1.82, 2.24) is 0 Å². The maximum Gasteiger partial charge on any atom is 0.323 e. The molecule has 0 atom stereocenters. The van der Waals surface area contributed by atoms with Gasteiger partial charge in [0.25, 0.3) is 0 Å². The molecule has 1 aromatic carbocycles. The standard InChI is InChI=1S/C15H21NO3/c1-4-12-5-7-13(8-6-12)16(10-15(18)19)14(17)9-11(2)3/h5-8,11H,4,9-10H2,1-3H3,(H,18,19). The van der Waals surface area contributed by atoms with Gasteiger partial charge in [-0.15, -0.1) is 0 Å². The van der Waals surface area contributed by atoms with Crippen LogP contribution in [-0.2, 0) is 16.0 Å². The molecule has 19 heavy (non-hydrogen) atoms. The highest BCUT2D eigenvalue weighted by Crippen LogP contribution is 2.18. The third kappa shape index (κ3) is 4.73. The molecule has 0 aromatic heterocycles. The molecule has 0 bridgehead atoms. The first-order chi connectivity index (χ1) is 8.93. The zero-order valence-electron chi connectivity index (χ0n) is 11.7. The molecule has 1 aromatic rings. The lowest BCUT2D eigenvalue weighted by molar-refractivity contribution is -0.136. The van der Waals surface area contributed by atoms with Crippen molar-refractivity contribution in [2.75, 3.05) is 11.4 Å². The summed E-state index contributed by atoms with van der Waals surface area (Å²) in [5, 5.41) is 8.94. The third-order valence-corrected chi connectivity index (χ3v) is 2.83. The molecule has 0 radical (unpaired) electrons. The molecule has 0 heterocycles. The highest BCUT2D eigenvalue weighted by Gasteiger charge is 2.19. The number of benzene rings is 1. The molecule has 4 heteroatoms. The summed E-state index contributed by atoms with van der Waals surface area (Å²) in [7, 11) is 0. The number of carbonyl (C=O) groups excluding carboxylic acids is 1. The van der Waals surface area contributed by atoms with E-state index in [9.17, 15) is 9.59 Å². The lowest BCUT2D eigenvalue weighted by Crippen LogP contribution is -2.36. The van der Waals surface area contributed by atoms with Crippen LogP contribution in [-0.4, -0.2) is 23.5 Å². The quantitative estimate of drug-likeness (QED) is 0.858. The maximum absolute atomic E-state index is 12.1. The van der Waals surface area contributed by atoms with Crippen molar-refractivity contribution in [2.24, 2.45) is 5.92 Å². The van der Waals surface area contributed by atoms with Crippen molar-refractivity contribution in [1.29, 1.82) is 0 Å². The van der Waals surface area contributed by atoms with Crippen LogP contribution in [0.2, 0.25) is 0 Å². The van der Waals surface area contributed by atoms with Gasteiger partial charge in [-0.1, -0.05) is 32.9 Å². The predicted octanol–water partition coefficient (Wildman–Crippen LogP) is 2.71. The number of aliphatic carboxylic acids is 1. The number of hydrogen-bond donors (Lipinski definition) is 1. The fraction of sp³-hybridized carbons (Fsp3) is 0.467. The van der Waals surface area contributed by atoms with Crippen LogP contribution in [0.25, 0.3) is 0 Å². The Labute approximate surface area is 114 Å². The van der Waals surface area contributed by atoms with Crippen LogP contribution in [0.5, 0.6) is 0 Å². The van der Waals surface area contributed by atoms with E-state index in [0.29, 0.717) is 12.1 Å². The van der Waals surface area contributed by atoms with Crippen LogP contribution in [0, 0.1) is 5.92 Å². The predicted molar refractivity (Wildman–Crippen MR) is 75.3 cm³/mol. The molecule has 1 amide bonds. The highest BCUT2D eigenvalue weighted by atomic mass is 16.4. The molecule has 104 valence electrons. The Bertz CT molecular complexity index is 437. The Morgan fingerprint density at radius 2 is 1.79 bits per heavy atom. The van der Waals surface area contributed by atoms with E-state index in [1.165, 1.54) is 4.90 Å². The van der Waals surface area contributed by atoms with Crippen molar-refractivity contribution in [3.63, 3.8) is 0 Å². The zero-order chi connectivity index (χ0) is 14.4. The number of carboxylic acids is 1. The molecule has 0 unspecified atom stereocenters. The van der Waals surface area contributed by atoms with Gasteiger partial charge in [0.05, 0.1) is 0 Å².